The van der Waals surface area contributed by atoms with E-state index in [-0.39, 0.29) is 25.7 Å². The van der Waals surface area contributed by atoms with Crippen LogP contribution in [0, 0.1) is 11.3 Å². The van der Waals surface area contributed by atoms with Crippen LogP contribution in [0.2, 0.25) is 0 Å². The maximum atomic E-state index is 9.37. The molecule has 1 unspecified atom stereocenters. The van der Waals surface area contributed by atoms with Gasteiger partial charge in [0.2, 0.25) is 0 Å². The summed E-state index contributed by atoms with van der Waals surface area (Å²) in [7, 11) is 0. The highest BCUT2D eigenvalue weighted by Gasteiger charge is 2.34. The van der Waals surface area contributed by atoms with E-state index in [4.69, 9.17) is 15.3 Å². The average Bonchev–Trinajstić information content (AvgIpc) is 2.33. The van der Waals surface area contributed by atoms with Gasteiger partial charge in [-0.1, -0.05) is 19.8 Å². The summed E-state index contributed by atoms with van der Waals surface area (Å²) in [6.07, 6.45) is 2.03. The molecule has 0 rings (SSSR count). The van der Waals surface area contributed by atoms with Gasteiger partial charge in [0.25, 0.3) is 0 Å². The largest absolute Gasteiger partial charge is 0.396 e. The van der Waals surface area contributed by atoms with E-state index in [2.05, 4.69) is 0 Å². The molecule has 0 heterocycles. The minimum absolute atomic E-state index is 0.0591. The number of unbranched alkanes of at least 4 members (excludes halogenated alkanes) is 2. The monoisotopic (exact) mass is 250 g/mol. The Labute approximate surface area is 103 Å². The Morgan fingerprint density at radius 2 is 1.53 bits per heavy atom. The maximum Gasteiger partial charge on any atom is 0.151 e. The van der Waals surface area contributed by atoms with Crippen molar-refractivity contribution in [2.75, 3.05) is 19.8 Å². The zero-order valence-electron chi connectivity index (χ0n) is 10.5. The van der Waals surface area contributed by atoms with E-state index in [1.54, 1.807) is 0 Å². The van der Waals surface area contributed by atoms with Crippen LogP contribution in [-0.4, -0.2) is 51.6 Å². The van der Waals surface area contributed by atoms with Gasteiger partial charge in [-0.2, -0.15) is 0 Å². The molecular formula is C12H26O5. The number of hydrogen-bond acceptors (Lipinski definition) is 5. The van der Waals surface area contributed by atoms with Crippen molar-refractivity contribution in [3.8, 4) is 0 Å². The molecule has 0 aromatic heterocycles. The first-order chi connectivity index (χ1) is 8.02. The minimum Gasteiger partial charge on any atom is -0.396 e. The van der Waals surface area contributed by atoms with Crippen molar-refractivity contribution in [1.82, 2.24) is 0 Å². The van der Waals surface area contributed by atoms with Crippen molar-refractivity contribution in [3.63, 3.8) is 0 Å². The Balaban J connectivity index is 4.01. The van der Waals surface area contributed by atoms with Gasteiger partial charge in [-0.3, -0.25) is 0 Å². The fourth-order valence-corrected chi connectivity index (χ4v) is 1.94. The smallest absolute Gasteiger partial charge is 0.151 e. The van der Waals surface area contributed by atoms with E-state index in [1.165, 1.54) is 0 Å². The second-order valence-corrected chi connectivity index (χ2v) is 4.84. The Bertz CT molecular complexity index is 180. The van der Waals surface area contributed by atoms with Gasteiger partial charge >= 0.3 is 0 Å². The Morgan fingerprint density at radius 3 is 1.94 bits per heavy atom. The van der Waals surface area contributed by atoms with Crippen molar-refractivity contribution < 1.29 is 25.5 Å². The molecule has 5 heteroatoms. The lowest BCUT2D eigenvalue weighted by Crippen LogP contribution is -2.38. The van der Waals surface area contributed by atoms with Gasteiger partial charge in [0.1, 0.15) is 0 Å². The van der Waals surface area contributed by atoms with E-state index in [0.717, 1.165) is 12.8 Å². The fourth-order valence-electron chi connectivity index (χ4n) is 1.94. The van der Waals surface area contributed by atoms with E-state index < -0.39 is 11.7 Å². The van der Waals surface area contributed by atoms with Crippen molar-refractivity contribution in [2.24, 2.45) is 11.3 Å². The highest BCUT2D eigenvalue weighted by Crippen LogP contribution is 2.32. The van der Waals surface area contributed by atoms with Crippen molar-refractivity contribution >= 4 is 0 Å². The van der Waals surface area contributed by atoms with Gasteiger partial charge < -0.3 is 25.5 Å². The van der Waals surface area contributed by atoms with Crippen LogP contribution in [0.4, 0.5) is 0 Å². The normalized spacial score (nSPS) is 14.3. The lowest BCUT2D eigenvalue weighted by Gasteiger charge is -2.35. The quantitative estimate of drug-likeness (QED) is 0.274. The molecular weight excluding hydrogens is 224 g/mol. The summed E-state index contributed by atoms with van der Waals surface area (Å²) in [4.78, 5) is 0. The predicted octanol–water partition coefficient (Wildman–Crippen LogP) is -0.153. The molecule has 0 aromatic carbocycles. The summed E-state index contributed by atoms with van der Waals surface area (Å²) in [5, 5.41) is 45.2. The topological polar surface area (TPSA) is 101 Å². The second-order valence-electron chi connectivity index (χ2n) is 4.84. The van der Waals surface area contributed by atoms with Crippen molar-refractivity contribution in [2.45, 2.75) is 45.3 Å². The van der Waals surface area contributed by atoms with Crippen LogP contribution >= 0.6 is 0 Å². The molecule has 0 saturated heterocycles. The third-order valence-corrected chi connectivity index (χ3v) is 3.59. The highest BCUT2D eigenvalue weighted by atomic mass is 16.5. The Morgan fingerprint density at radius 1 is 0.941 bits per heavy atom. The lowest BCUT2D eigenvalue weighted by molar-refractivity contribution is -0.0474. The first-order valence-electron chi connectivity index (χ1n) is 6.21. The summed E-state index contributed by atoms with van der Waals surface area (Å²) in [6.45, 7) is 1.46. The number of aliphatic hydroxyl groups excluding tert-OH is 4. The maximum absolute atomic E-state index is 9.37. The highest BCUT2D eigenvalue weighted by molar-refractivity contribution is 4.83. The van der Waals surface area contributed by atoms with E-state index >= 15 is 0 Å². The zero-order chi connectivity index (χ0) is 13.3. The second kappa shape index (κ2) is 8.83. The summed E-state index contributed by atoms with van der Waals surface area (Å²) < 4.78 is 0. The van der Waals surface area contributed by atoms with Gasteiger partial charge in [-0.25, -0.2) is 0 Å². The molecule has 0 aromatic rings. The molecule has 0 aliphatic carbocycles. The van der Waals surface area contributed by atoms with Gasteiger partial charge in [-0.05, 0) is 25.2 Å². The summed E-state index contributed by atoms with van der Waals surface area (Å²) >= 11 is 0. The van der Waals surface area contributed by atoms with Gasteiger partial charge in [-0.15, -0.1) is 0 Å². The molecule has 0 spiro atoms. The molecule has 1 atom stereocenters. The number of aliphatic hydroxyl groups is 5. The third-order valence-electron chi connectivity index (χ3n) is 3.59. The van der Waals surface area contributed by atoms with E-state index in [9.17, 15) is 10.2 Å². The summed E-state index contributed by atoms with van der Waals surface area (Å²) in [6, 6.07) is 0. The average molecular weight is 250 g/mol. The van der Waals surface area contributed by atoms with Gasteiger partial charge in [0.15, 0.2) is 6.29 Å². The van der Waals surface area contributed by atoms with Gasteiger partial charge in [0.05, 0.1) is 13.2 Å². The van der Waals surface area contributed by atoms with Crippen LogP contribution in [0.1, 0.15) is 39.0 Å². The molecule has 0 aliphatic rings. The summed E-state index contributed by atoms with van der Waals surface area (Å²) in [5.41, 5.74) is -0.632. The van der Waals surface area contributed by atoms with Gasteiger partial charge in [0, 0.05) is 12.0 Å². The zero-order valence-corrected chi connectivity index (χ0v) is 10.5. The van der Waals surface area contributed by atoms with Crippen LogP contribution in [0.25, 0.3) is 0 Å². The van der Waals surface area contributed by atoms with Crippen LogP contribution in [0.3, 0.4) is 0 Å². The van der Waals surface area contributed by atoms with E-state index in [0.29, 0.717) is 19.3 Å². The number of hydrogen-bond donors (Lipinski definition) is 5. The van der Waals surface area contributed by atoms with Crippen LogP contribution in [0.15, 0.2) is 0 Å². The molecule has 17 heavy (non-hydrogen) atoms. The van der Waals surface area contributed by atoms with Crippen LogP contribution in [-0.2, 0) is 0 Å². The lowest BCUT2D eigenvalue weighted by atomic mass is 9.74. The van der Waals surface area contributed by atoms with E-state index in [1.807, 2.05) is 6.92 Å². The van der Waals surface area contributed by atoms with Crippen LogP contribution < -0.4 is 0 Å². The predicted molar refractivity (Wildman–Crippen MR) is 64.2 cm³/mol. The molecule has 0 aliphatic heterocycles. The Hall–Kier alpha value is -0.200. The molecule has 0 bridgehead atoms. The number of rotatable bonds is 10. The van der Waals surface area contributed by atoms with Crippen LogP contribution in [0.5, 0.6) is 0 Å². The summed E-state index contributed by atoms with van der Waals surface area (Å²) in [5.74, 6) is -0.152. The molecule has 5 N–H and O–H groups in total. The standard InChI is InChI=1S/C12H26O5/c1-10(7-13)12(8-14,9-15)6-4-2-3-5-11(16)17/h10-11,13-17H,2-9H2,1H3. The molecule has 0 amide bonds. The van der Waals surface area contributed by atoms with Crippen molar-refractivity contribution in [1.29, 1.82) is 0 Å². The molecule has 104 valence electrons. The SMILES string of the molecule is CC(CO)C(CO)(CO)CCCCCC(O)O. The first-order valence-corrected chi connectivity index (χ1v) is 6.21. The van der Waals surface area contributed by atoms with Crippen molar-refractivity contribution in [3.05, 3.63) is 0 Å². The molecule has 5 nitrogen and oxygen atoms in total. The molecule has 0 saturated carbocycles. The first kappa shape index (κ1) is 16.8. The molecule has 0 fully saturated rings. The molecule has 0 radical (unpaired) electrons. The third kappa shape index (κ3) is 5.79. The minimum atomic E-state index is -1.26. The fraction of sp³-hybridized carbons (Fsp3) is 1.00. The Kier molecular flexibility index (Phi) is 8.72.